The zero-order valence-corrected chi connectivity index (χ0v) is 22.2. The molecule has 0 bridgehead atoms. The first-order chi connectivity index (χ1) is 16.5. The second-order valence-corrected chi connectivity index (χ2v) is 11.8. The number of esters is 3. The molecule has 6 nitrogen and oxygen atoms in total. The van der Waals surface area contributed by atoms with Crippen LogP contribution in [0.1, 0.15) is 86.0 Å². The molecule has 0 aromatic heterocycles. The van der Waals surface area contributed by atoms with Crippen molar-refractivity contribution in [2.45, 2.75) is 98.2 Å². The zero-order chi connectivity index (χ0) is 25.5. The number of hydrogen-bond acceptors (Lipinski definition) is 6. The van der Waals surface area contributed by atoms with Gasteiger partial charge in [-0.2, -0.15) is 0 Å². The van der Waals surface area contributed by atoms with E-state index in [-0.39, 0.29) is 46.9 Å². The van der Waals surface area contributed by atoms with Gasteiger partial charge in [0, 0.05) is 26.2 Å². The number of allylic oxidation sites excluding steroid dienone is 3. The van der Waals surface area contributed by atoms with Crippen molar-refractivity contribution in [1.29, 1.82) is 0 Å². The van der Waals surface area contributed by atoms with Crippen molar-refractivity contribution >= 4 is 17.9 Å². The number of hydrogen-bond donors (Lipinski definition) is 0. The molecule has 0 heterocycles. The van der Waals surface area contributed by atoms with Crippen LogP contribution in [-0.2, 0) is 28.6 Å². The molecule has 194 valence electrons. The quantitative estimate of drug-likeness (QED) is 0.278. The second kappa shape index (κ2) is 9.74. The van der Waals surface area contributed by atoms with Crippen molar-refractivity contribution < 1.29 is 28.6 Å². The van der Waals surface area contributed by atoms with Crippen molar-refractivity contribution in [3.05, 3.63) is 23.3 Å². The zero-order valence-electron chi connectivity index (χ0n) is 22.2. The van der Waals surface area contributed by atoms with Gasteiger partial charge in [-0.15, -0.1) is 0 Å². The fraction of sp³-hybridized carbons (Fsp3) is 0.759. The lowest BCUT2D eigenvalue weighted by Gasteiger charge is -2.58. The maximum atomic E-state index is 12.2. The number of ether oxygens (including phenoxy) is 3. The molecule has 6 heteroatoms. The number of carbonyl (C=O) groups is 3. The Balaban J connectivity index is 1.62. The molecule has 0 aliphatic heterocycles. The van der Waals surface area contributed by atoms with Gasteiger partial charge in [-0.3, -0.25) is 14.4 Å². The van der Waals surface area contributed by atoms with Gasteiger partial charge >= 0.3 is 17.9 Å². The molecule has 4 aliphatic rings. The Morgan fingerprint density at radius 1 is 1.06 bits per heavy atom. The van der Waals surface area contributed by atoms with E-state index >= 15 is 0 Å². The third kappa shape index (κ3) is 4.70. The van der Waals surface area contributed by atoms with E-state index in [0.717, 1.165) is 44.9 Å². The fourth-order valence-electron chi connectivity index (χ4n) is 8.08. The highest BCUT2D eigenvalue weighted by Gasteiger charge is 2.59. The standard InChI is InChI=1S/C29H42O6/c1-17(7-10-26(32)33-6)22-8-9-23-27-24(12-14-29(22,23)5)28(4)13-11-21(34-18(2)30)15-20(28)16-25(27)35-19(3)31/h8,12,17,20-21,23,25,27H,7,9-11,13-16H2,1-6H3. The topological polar surface area (TPSA) is 78.9 Å². The summed E-state index contributed by atoms with van der Waals surface area (Å²) in [6.45, 7) is 9.97. The van der Waals surface area contributed by atoms with Gasteiger partial charge in [-0.05, 0) is 73.5 Å². The smallest absolute Gasteiger partial charge is 0.305 e. The first kappa shape index (κ1) is 26.0. The van der Waals surface area contributed by atoms with Gasteiger partial charge in [0.1, 0.15) is 12.2 Å². The Hall–Kier alpha value is -2.11. The van der Waals surface area contributed by atoms with Crippen LogP contribution in [0.3, 0.4) is 0 Å². The molecule has 0 aromatic rings. The van der Waals surface area contributed by atoms with E-state index in [4.69, 9.17) is 14.2 Å². The molecule has 0 N–H and O–H groups in total. The third-order valence-electron chi connectivity index (χ3n) is 9.81. The molecule has 2 saturated carbocycles. The molecule has 8 unspecified atom stereocenters. The first-order valence-electron chi connectivity index (χ1n) is 13.3. The molecule has 0 saturated heterocycles. The summed E-state index contributed by atoms with van der Waals surface area (Å²) in [5.41, 5.74) is 2.94. The van der Waals surface area contributed by atoms with Crippen LogP contribution in [0.25, 0.3) is 0 Å². The van der Waals surface area contributed by atoms with Crippen LogP contribution in [-0.4, -0.2) is 37.2 Å². The average Bonchev–Trinajstić information content (AvgIpc) is 3.14. The molecule has 4 aliphatic carbocycles. The van der Waals surface area contributed by atoms with Gasteiger partial charge in [-0.25, -0.2) is 0 Å². The highest BCUT2D eigenvalue weighted by Crippen LogP contribution is 2.65. The maximum Gasteiger partial charge on any atom is 0.305 e. The van der Waals surface area contributed by atoms with Crippen LogP contribution in [0.5, 0.6) is 0 Å². The van der Waals surface area contributed by atoms with Crippen LogP contribution in [0.15, 0.2) is 23.3 Å². The third-order valence-corrected chi connectivity index (χ3v) is 9.81. The van der Waals surface area contributed by atoms with E-state index in [9.17, 15) is 14.4 Å². The number of rotatable bonds is 6. The molecule has 2 fully saturated rings. The summed E-state index contributed by atoms with van der Waals surface area (Å²) < 4.78 is 16.5. The minimum Gasteiger partial charge on any atom is -0.469 e. The molecular formula is C29H42O6. The fourth-order valence-corrected chi connectivity index (χ4v) is 8.08. The van der Waals surface area contributed by atoms with Crippen LogP contribution in [0.4, 0.5) is 0 Å². The van der Waals surface area contributed by atoms with Crippen LogP contribution in [0.2, 0.25) is 0 Å². The van der Waals surface area contributed by atoms with E-state index in [1.807, 2.05) is 0 Å². The molecule has 4 rings (SSSR count). The molecule has 35 heavy (non-hydrogen) atoms. The van der Waals surface area contributed by atoms with E-state index in [2.05, 4.69) is 32.9 Å². The van der Waals surface area contributed by atoms with Gasteiger partial charge in [0.2, 0.25) is 0 Å². The lowest BCUT2D eigenvalue weighted by molar-refractivity contribution is -0.160. The van der Waals surface area contributed by atoms with Gasteiger partial charge in [0.25, 0.3) is 0 Å². The monoisotopic (exact) mass is 486 g/mol. The number of carbonyl (C=O) groups excluding carboxylic acids is 3. The summed E-state index contributed by atoms with van der Waals surface area (Å²) in [7, 11) is 1.44. The predicted octanol–water partition coefficient (Wildman–Crippen LogP) is 5.55. The van der Waals surface area contributed by atoms with Gasteiger partial charge in [0.15, 0.2) is 0 Å². The van der Waals surface area contributed by atoms with E-state index < -0.39 is 0 Å². The van der Waals surface area contributed by atoms with Crippen LogP contribution >= 0.6 is 0 Å². The summed E-state index contributed by atoms with van der Waals surface area (Å²) in [5, 5.41) is 0. The minimum atomic E-state index is -0.227. The van der Waals surface area contributed by atoms with Crippen molar-refractivity contribution in [1.82, 2.24) is 0 Å². The SMILES string of the molecule is COC(=O)CCC(C)C1=CCC2C3C(=CCC12C)C1(C)CCC(OC(C)=O)CC1CC3OC(C)=O. The highest BCUT2D eigenvalue weighted by molar-refractivity contribution is 5.69. The van der Waals surface area contributed by atoms with E-state index in [1.165, 1.54) is 32.1 Å². The summed E-state index contributed by atoms with van der Waals surface area (Å²) in [4.78, 5) is 35.5. The van der Waals surface area contributed by atoms with Crippen LogP contribution < -0.4 is 0 Å². The van der Waals surface area contributed by atoms with Crippen molar-refractivity contribution in [3.63, 3.8) is 0 Å². The van der Waals surface area contributed by atoms with Crippen molar-refractivity contribution in [2.75, 3.05) is 7.11 Å². The number of fused-ring (bicyclic) bond motifs is 5. The Bertz CT molecular complexity index is 933. The molecule has 8 atom stereocenters. The van der Waals surface area contributed by atoms with Crippen LogP contribution in [0, 0.1) is 34.5 Å². The minimum absolute atomic E-state index is 0.000240. The molecular weight excluding hydrogens is 444 g/mol. The lowest BCUT2D eigenvalue weighted by atomic mass is 9.47. The second-order valence-electron chi connectivity index (χ2n) is 11.8. The highest BCUT2D eigenvalue weighted by atomic mass is 16.5. The molecule has 0 aromatic carbocycles. The van der Waals surface area contributed by atoms with E-state index in [1.54, 1.807) is 0 Å². The Morgan fingerprint density at radius 2 is 1.77 bits per heavy atom. The summed E-state index contributed by atoms with van der Waals surface area (Å²) in [5.74, 6) is 0.602. The van der Waals surface area contributed by atoms with Crippen molar-refractivity contribution in [2.24, 2.45) is 34.5 Å². The van der Waals surface area contributed by atoms with Gasteiger partial charge in [-0.1, -0.05) is 44.1 Å². The Kier molecular flexibility index (Phi) is 7.23. The first-order valence-corrected chi connectivity index (χ1v) is 13.3. The molecule has 0 amide bonds. The summed E-state index contributed by atoms with van der Waals surface area (Å²) >= 11 is 0. The van der Waals surface area contributed by atoms with Crippen molar-refractivity contribution in [3.8, 4) is 0 Å². The molecule has 0 radical (unpaired) electrons. The largest absolute Gasteiger partial charge is 0.469 e. The average molecular weight is 487 g/mol. The van der Waals surface area contributed by atoms with E-state index in [0.29, 0.717) is 24.2 Å². The summed E-state index contributed by atoms with van der Waals surface area (Å²) in [6.07, 6.45) is 11.3. The van der Waals surface area contributed by atoms with Gasteiger partial charge in [0.05, 0.1) is 7.11 Å². The Morgan fingerprint density at radius 3 is 2.43 bits per heavy atom. The maximum absolute atomic E-state index is 12.2. The predicted molar refractivity (Wildman–Crippen MR) is 132 cm³/mol. The normalized spacial score (nSPS) is 38.6. The summed E-state index contributed by atoms with van der Waals surface area (Å²) in [6, 6.07) is 0. The Labute approximate surface area is 209 Å². The molecule has 0 spiro atoms. The number of methoxy groups -OCH3 is 1. The lowest BCUT2D eigenvalue weighted by Crippen LogP contribution is -2.54. The van der Waals surface area contributed by atoms with Gasteiger partial charge < -0.3 is 14.2 Å².